The molecule has 0 radical (unpaired) electrons. The SMILES string of the molecule is Cc1cc(C)c(-c2cc(C(C)(C)C)c(N3[CH-]N(c4[c-]c(Oc5[c-]c6c(cc5)c5ccccc5n6-c5cc(C(C)(C)C)ccn5)ccc4)c4cnccc43)c(C(C)(C)C)c2)c(C)c1.[Pt]. The zero-order valence-corrected chi connectivity index (χ0v) is 40.8. The van der Waals surface area contributed by atoms with E-state index in [4.69, 9.17) is 9.72 Å². The standard InChI is InChI=1S/C56H56N5O.Pt/c1-35-26-36(2)52(37(3)27-35)38-28-45(55(7,8)9)53(46(29-38)56(10,11)12)60-34-59(50-33-57-24-23-48(50)60)40-16-15-17-41(31-40)62-42-20-21-44-43-18-13-14-19-47(43)61(49(44)32-42)51-30-39(22-25-58-51)54(4,5)6;/h13-30,33-34H,1-12H3;/q-3;. The van der Waals surface area contributed by atoms with Crippen LogP contribution in [0.3, 0.4) is 0 Å². The number of rotatable bonds is 6. The molecule has 0 bridgehead atoms. The van der Waals surface area contributed by atoms with E-state index in [0.29, 0.717) is 11.5 Å². The fourth-order valence-electron chi connectivity index (χ4n) is 9.13. The molecule has 7 heteroatoms. The van der Waals surface area contributed by atoms with Gasteiger partial charge in [0.05, 0.1) is 5.69 Å². The van der Waals surface area contributed by atoms with Gasteiger partial charge in [0.2, 0.25) is 0 Å². The molecule has 9 rings (SSSR count). The molecule has 3 aromatic heterocycles. The van der Waals surface area contributed by atoms with E-state index >= 15 is 0 Å². The van der Waals surface area contributed by atoms with Crippen molar-refractivity contribution in [1.29, 1.82) is 0 Å². The molecule has 0 amide bonds. The van der Waals surface area contributed by atoms with Gasteiger partial charge in [0.1, 0.15) is 5.82 Å². The van der Waals surface area contributed by atoms with E-state index in [0.717, 1.165) is 44.7 Å². The summed E-state index contributed by atoms with van der Waals surface area (Å²) in [7, 11) is 0. The van der Waals surface area contributed by atoms with Crippen molar-refractivity contribution in [3.63, 3.8) is 0 Å². The van der Waals surface area contributed by atoms with Crippen LogP contribution in [0, 0.1) is 39.6 Å². The molecule has 324 valence electrons. The van der Waals surface area contributed by atoms with E-state index in [9.17, 15) is 0 Å². The number of hydrogen-bond donors (Lipinski definition) is 0. The van der Waals surface area contributed by atoms with Gasteiger partial charge in [0.25, 0.3) is 0 Å². The molecular weight excluding hydrogens is 954 g/mol. The van der Waals surface area contributed by atoms with E-state index in [1.807, 2.05) is 36.8 Å². The van der Waals surface area contributed by atoms with Gasteiger partial charge >= 0.3 is 0 Å². The maximum Gasteiger partial charge on any atom is 0.135 e. The van der Waals surface area contributed by atoms with Crippen LogP contribution in [0.2, 0.25) is 0 Å². The van der Waals surface area contributed by atoms with Crippen LogP contribution in [0.5, 0.6) is 11.5 Å². The van der Waals surface area contributed by atoms with Gasteiger partial charge in [0.15, 0.2) is 0 Å². The Labute approximate surface area is 388 Å². The van der Waals surface area contributed by atoms with Gasteiger partial charge in [-0.1, -0.05) is 104 Å². The first kappa shape index (κ1) is 43.9. The van der Waals surface area contributed by atoms with Crippen molar-refractivity contribution < 1.29 is 25.8 Å². The van der Waals surface area contributed by atoms with Crippen molar-refractivity contribution in [2.45, 2.75) is 99.3 Å². The zero-order valence-electron chi connectivity index (χ0n) is 38.5. The molecular formula is C56H56N5OPt-3. The van der Waals surface area contributed by atoms with Crippen LogP contribution in [0.15, 0.2) is 116 Å². The number of ether oxygens (including phenoxy) is 1. The molecule has 1 aliphatic rings. The molecule has 6 nitrogen and oxygen atoms in total. The molecule has 0 spiro atoms. The third-order valence-corrected chi connectivity index (χ3v) is 12.1. The minimum absolute atomic E-state index is 0. The molecule has 0 saturated heterocycles. The summed E-state index contributed by atoms with van der Waals surface area (Å²) in [4.78, 5) is 14.0. The molecule has 63 heavy (non-hydrogen) atoms. The van der Waals surface area contributed by atoms with Gasteiger partial charge in [-0.3, -0.25) is 4.98 Å². The van der Waals surface area contributed by atoms with Crippen LogP contribution in [-0.2, 0) is 37.3 Å². The summed E-state index contributed by atoms with van der Waals surface area (Å²) in [5.74, 6) is 2.04. The third-order valence-electron chi connectivity index (χ3n) is 12.1. The number of nitrogens with zero attached hydrogens (tertiary/aromatic N) is 5. The number of aryl methyl sites for hydroxylation is 3. The molecule has 0 aliphatic carbocycles. The maximum absolute atomic E-state index is 6.65. The average molecular weight is 1010 g/mol. The second-order valence-corrected chi connectivity index (χ2v) is 20.0. The Balaban J connectivity index is 0.00000544. The predicted molar refractivity (Wildman–Crippen MR) is 258 cm³/mol. The monoisotopic (exact) mass is 1010 g/mol. The summed E-state index contributed by atoms with van der Waals surface area (Å²) in [6, 6.07) is 41.7. The number of benzene rings is 5. The van der Waals surface area contributed by atoms with Crippen LogP contribution >= 0.6 is 0 Å². The van der Waals surface area contributed by atoms with E-state index < -0.39 is 0 Å². The van der Waals surface area contributed by atoms with Crippen molar-refractivity contribution in [3.8, 4) is 28.4 Å². The number of para-hydroxylation sites is 1. The molecule has 5 aromatic carbocycles. The number of hydrogen-bond acceptors (Lipinski definition) is 5. The smallest absolute Gasteiger partial charge is 0.135 e. The number of aromatic nitrogens is 3. The van der Waals surface area contributed by atoms with Gasteiger partial charge in [-0.2, -0.15) is 12.1 Å². The molecule has 1 aliphatic heterocycles. The maximum atomic E-state index is 6.65. The first-order chi connectivity index (χ1) is 29.4. The van der Waals surface area contributed by atoms with Gasteiger partial charge in [-0.15, -0.1) is 48.1 Å². The topological polar surface area (TPSA) is 46.4 Å². The molecule has 8 aromatic rings. The van der Waals surface area contributed by atoms with Crippen LogP contribution in [-0.4, -0.2) is 14.5 Å². The Bertz CT molecular complexity index is 2970. The van der Waals surface area contributed by atoms with E-state index in [-0.39, 0.29) is 37.3 Å². The normalized spacial score (nSPS) is 13.1. The minimum Gasteiger partial charge on any atom is -0.509 e. The first-order valence-electron chi connectivity index (χ1n) is 21.6. The van der Waals surface area contributed by atoms with Gasteiger partial charge in [0, 0.05) is 68.0 Å². The Hall–Kier alpha value is -5.71. The van der Waals surface area contributed by atoms with Crippen molar-refractivity contribution in [3.05, 3.63) is 168 Å². The van der Waals surface area contributed by atoms with Crippen molar-refractivity contribution >= 4 is 44.6 Å². The number of anilines is 4. The predicted octanol–water partition coefficient (Wildman–Crippen LogP) is 14.9. The molecule has 0 fully saturated rings. The molecule has 0 N–H and O–H groups in total. The Kier molecular flexibility index (Phi) is 11.2. The largest absolute Gasteiger partial charge is 0.509 e. The van der Waals surface area contributed by atoms with Crippen molar-refractivity contribution in [2.24, 2.45) is 0 Å². The Morgan fingerprint density at radius 1 is 0.619 bits per heavy atom. The zero-order chi connectivity index (χ0) is 43.9. The summed E-state index contributed by atoms with van der Waals surface area (Å²) in [5, 5.41) is 2.23. The average Bonchev–Trinajstić information content (AvgIpc) is 3.75. The molecule has 4 heterocycles. The quantitative estimate of drug-likeness (QED) is 0.155. The number of pyridine rings is 2. The van der Waals surface area contributed by atoms with Gasteiger partial charge in [-0.05, 0) is 118 Å². The summed E-state index contributed by atoms with van der Waals surface area (Å²) in [6.07, 6.45) is 5.72. The van der Waals surface area contributed by atoms with Crippen LogP contribution in [0.4, 0.5) is 22.7 Å². The number of fused-ring (bicyclic) bond motifs is 4. The van der Waals surface area contributed by atoms with E-state index in [1.165, 1.54) is 50.2 Å². The summed E-state index contributed by atoms with van der Waals surface area (Å²) in [5.41, 5.74) is 15.9. The first-order valence-corrected chi connectivity index (χ1v) is 21.6. The molecule has 0 unspecified atom stereocenters. The second kappa shape index (κ2) is 16.1. The molecule has 0 atom stereocenters. The fourth-order valence-corrected chi connectivity index (χ4v) is 9.13. The minimum atomic E-state index is -0.166. The third kappa shape index (κ3) is 8.08. The van der Waals surface area contributed by atoms with Crippen LogP contribution in [0.25, 0.3) is 38.8 Å². The summed E-state index contributed by atoms with van der Waals surface area (Å²) >= 11 is 0. The van der Waals surface area contributed by atoms with E-state index in [2.05, 4.69) is 200 Å². The van der Waals surface area contributed by atoms with E-state index in [1.54, 1.807) is 0 Å². The summed E-state index contributed by atoms with van der Waals surface area (Å²) in [6.45, 7) is 29.4. The summed E-state index contributed by atoms with van der Waals surface area (Å²) < 4.78 is 8.84. The fraction of sp³-hybridized carbons (Fsp3) is 0.268. The van der Waals surface area contributed by atoms with Gasteiger partial charge in [-0.25, -0.2) is 4.98 Å². The van der Waals surface area contributed by atoms with Crippen molar-refractivity contribution in [2.75, 3.05) is 9.80 Å². The van der Waals surface area contributed by atoms with Crippen LogP contribution < -0.4 is 14.5 Å². The molecule has 0 saturated carbocycles. The van der Waals surface area contributed by atoms with Gasteiger partial charge < -0.3 is 19.1 Å². The Morgan fingerprint density at radius 3 is 1.98 bits per heavy atom. The van der Waals surface area contributed by atoms with Crippen LogP contribution in [0.1, 0.15) is 95.7 Å². The Morgan fingerprint density at radius 2 is 1.30 bits per heavy atom. The second-order valence-electron chi connectivity index (χ2n) is 20.0. The van der Waals surface area contributed by atoms with Crippen molar-refractivity contribution in [1.82, 2.24) is 14.5 Å².